The summed E-state index contributed by atoms with van der Waals surface area (Å²) in [6, 6.07) is 12.0. The summed E-state index contributed by atoms with van der Waals surface area (Å²) in [6.07, 6.45) is 2.73. The van der Waals surface area contributed by atoms with Crippen molar-refractivity contribution in [3.05, 3.63) is 63.1 Å². The highest BCUT2D eigenvalue weighted by Crippen LogP contribution is 2.45. The zero-order valence-corrected chi connectivity index (χ0v) is 22.8. The first-order valence-electron chi connectivity index (χ1n) is 11.5. The van der Waals surface area contributed by atoms with Gasteiger partial charge in [0.2, 0.25) is 0 Å². The van der Waals surface area contributed by atoms with Crippen molar-refractivity contribution in [2.75, 3.05) is 9.80 Å². The number of thiocarbonyl (C=S) groups is 1. The minimum absolute atomic E-state index is 0.0480. The van der Waals surface area contributed by atoms with E-state index >= 15 is 0 Å². The fourth-order valence-electron chi connectivity index (χ4n) is 5.41. The van der Waals surface area contributed by atoms with Crippen LogP contribution in [0.4, 0.5) is 11.4 Å². The molecule has 5 nitrogen and oxygen atoms in total. The third-order valence-electron chi connectivity index (χ3n) is 6.65. The molecular weight excluding hydrogens is 510 g/mol. The van der Waals surface area contributed by atoms with Crippen LogP contribution in [0.2, 0.25) is 0 Å². The third-order valence-corrected chi connectivity index (χ3v) is 7.43. The zero-order chi connectivity index (χ0) is 24.9. The first-order chi connectivity index (χ1) is 15.9. The lowest BCUT2D eigenvalue weighted by molar-refractivity contribution is -0.122. The van der Waals surface area contributed by atoms with Crippen LogP contribution in [0.5, 0.6) is 0 Å². The maximum Gasteiger partial charge on any atom is 0.270 e. The van der Waals surface area contributed by atoms with Crippen LogP contribution < -0.4 is 15.1 Å². The molecule has 1 fully saturated rings. The number of anilines is 2. The van der Waals surface area contributed by atoms with E-state index in [4.69, 9.17) is 12.2 Å². The van der Waals surface area contributed by atoms with Crippen molar-refractivity contribution in [3.8, 4) is 0 Å². The van der Waals surface area contributed by atoms with E-state index < -0.39 is 11.8 Å². The van der Waals surface area contributed by atoms with Gasteiger partial charge in [-0.15, -0.1) is 0 Å². The summed E-state index contributed by atoms with van der Waals surface area (Å²) in [7, 11) is 0. The summed E-state index contributed by atoms with van der Waals surface area (Å²) in [5.74, 6) is -0.544. The highest BCUT2D eigenvalue weighted by atomic mass is 79.9. The largest absolute Gasteiger partial charge is 0.364 e. The van der Waals surface area contributed by atoms with Crippen molar-refractivity contribution >= 4 is 62.5 Å². The van der Waals surface area contributed by atoms with E-state index in [2.05, 4.69) is 72.9 Å². The SMILES string of the molecule is Cc1cc2c(cc1/C=C1\C(=O)NC(=S)N(c3cccc(Br)c3)C1=O)C(C)CC(C)(C)N2C(C)C. The molecule has 1 atom stereocenters. The number of fused-ring (bicyclic) bond motifs is 1. The molecule has 0 bridgehead atoms. The molecule has 0 radical (unpaired) electrons. The normalized spacial score (nSPS) is 21.2. The molecule has 34 heavy (non-hydrogen) atoms. The smallest absolute Gasteiger partial charge is 0.270 e. The highest BCUT2D eigenvalue weighted by molar-refractivity contribution is 9.10. The van der Waals surface area contributed by atoms with E-state index in [1.165, 1.54) is 16.2 Å². The Balaban J connectivity index is 1.79. The van der Waals surface area contributed by atoms with Gasteiger partial charge in [0.15, 0.2) is 5.11 Å². The molecule has 0 spiro atoms. The highest BCUT2D eigenvalue weighted by Gasteiger charge is 2.38. The molecule has 0 aliphatic carbocycles. The monoisotopic (exact) mass is 539 g/mol. The summed E-state index contributed by atoms with van der Waals surface area (Å²) in [5, 5.41) is 2.76. The van der Waals surface area contributed by atoms with E-state index in [1.807, 2.05) is 19.1 Å². The second kappa shape index (κ2) is 8.93. The van der Waals surface area contributed by atoms with Gasteiger partial charge in [0.05, 0.1) is 5.69 Å². The van der Waals surface area contributed by atoms with E-state index in [0.717, 1.165) is 22.0 Å². The Hall–Kier alpha value is -2.51. The molecule has 2 aliphatic heterocycles. The van der Waals surface area contributed by atoms with Gasteiger partial charge in [0.25, 0.3) is 11.8 Å². The number of hydrogen-bond donors (Lipinski definition) is 1. The molecule has 2 aromatic carbocycles. The van der Waals surface area contributed by atoms with Gasteiger partial charge in [-0.25, -0.2) is 0 Å². The second-order valence-corrected chi connectivity index (χ2v) is 11.4. The fraction of sp³-hybridized carbons (Fsp3) is 0.370. The third kappa shape index (κ3) is 4.31. The second-order valence-electron chi connectivity index (χ2n) is 10.1. The lowest BCUT2D eigenvalue weighted by atomic mass is 9.78. The quantitative estimate of drug-likeness (QED) is 0.291. The average Bonchev–Trinajstić information content (AvgIpc) is 2.70. The van der Waals surface area contributed by atoms with Crippen LogP contribution in [0.25, 0.3) is 6.08 Å². The van der Waals surface area contributed by atoms with Crippen LogP contribution in [0, 0.1) is 6.92 Å². The van der Waals surface area contributed by atoms with Gasteiger partial charge in [-0.2, -0.15) is 0 Å². The fourth-order valence-corrected chi connectivity index (χ4v) is 6.08. The van der Waals surface area contributed by atoms with Gasteiger partial charge in [-0.05, 0) is 112 Å². The van der Waals surface area contributed by atoms with Gasteiger partial charge in [0.1, 0.15) is 5.57 Å². The Kier molecular flexibility index (Phi) is 6.46. The molecule has 2 heterocycles. The Morgan fingerprint density at radius 2 is 1.91 bits per heavy atom. The van der Waals surface area contributed by atoms with E-state index in [9.17, 15) is 9.59 Å². The van der Waals surface area contributed by atoms with Gasteiger partial charge in [-0.3, -0.25) is 19.8 Å². The van der Waals surface area contributed by atoms with Gasteiger partial charge < -0.3 is 4.90 Å². The summed E-state index contributed by atoms with van der Waals surface area (Å²) in [5.41, 5.74) is 5.08. The van der Waals surface area contributed by atoms with Crippen LogP contribution in [-0.2, 0) is 9.59 Å². The molecule has 1 N–H and O–H groups in total. The summed E-state index contributed by atoms with van der Waals surface area (Å²) in [6.45, 7) is 13.3. The number of aryl methyl sites for hydroxylation is 1. The molecule has 7 heteroatoms. The maximum absolute atomic E-state index is 13.4. The Morgan fingerprint density at radius 3 is 2.56 bits per heavy atom. The number of amides is 2. The number of carbonyl (C=O) groups excluding carboxylic acids is 2. The first kappa shape index (κ1) is 24.6. The molecular formula is C27H30BrN3O2S. The zero-order valence-electron chi connectivity index (χ0n) is 20.4. The van der Waals surface area contributed by atoms with Crippen LogP contribution in [0.3, 0.4) is 0 Å². The van der Waals surface area contributed by atoms with Crippen molar-refractivity contribution in [2.24, 2.45) is 0 Å². The van der Waals surface area contributed by atoms with Crippen molar-refractivity contribution in [2.45, 2.75) is 65.5 Å². The number of rotatable bonds is 3. The minimum Gasteiger partial charge on any atom is -0.364 e. The first-order valence-corrected chi connectivity index (χ1v) is 12.7. The topological polar surface area (TPSA) is 52.7 Å². The molecule has 2 amide bonds. The van der Waals surface area contributed by atoms with Crippen molar-refractivity contribution in [1.82, 2.24) is 5.32 Å². The molecule has 178 valence electrons. The Labute approximate surface area is 215 Å². The Morgan fingerprint density at radius 1 is 1.21 bits per heavy atom. The van der Waals surface area contributed by atoms with Crippen LogP contribution in [0.1, 0.15) is 63.6 Å². The van der Waals surface area contributed by atoms with Crippen molar-refractivity contribution in [3.63, 3.8) is 0 Å². The predicted octanol–water partition coefficient (Wildman–Crippen LogP) is 6.09. The molecule has 2 aromatic rings. The van der Waals surface area contributed by atoms with Crippen LogP contribution in [-0.4, -0.2) is 28.5 Å². The predicted molar refractivity (Wildman–Crippen MR) is 146 cm³/mol. The maximum atomic E-state index is 13.4. The molecule has 0 aromatic heterocycles. The van der Waals surface area contributed by atoms with Gasteiger partial charge in [-0.1, -0.05) is 28.9 Å². The van der Waals surface area contributed by atoms with Gasteiger partial charge >= 0.3 is 0 Å². The summed E-state index contributed by atoms with van der Waals surface area (Å²) < 4.78 is 0.820. The molecule has 2 aliphatic rings. The van der Waals surface area contributed by atoms with E-state index in [-0.39, 0.29) is 16.2 Å². The lowest BCUT2D eigenvalue weighted by Gasteiger charge is -2.50. The number of halogens is 1. The molecule has 4 rings (SSSR count). The molecule has 0 saturated carbocycles. The van der Waals surface area contributed by atoms with E-state index in [0.29, 0.717) is 17.6 Å². The average molecular weight is 541 g/mol. The number of nitrogens with zero attached hydrogens (tertiary/aromatic N) is 2. The van der Waals surface area contributed by atoms with Crippen LogP contribution >= 0.6 is 28.1 Å². The van der Waals surface area contributed by atoms with Gasteiger partial charge in [0, 0.05) is 21.7 Å². The van der Waals surface area contributed by atoms with Crippen molar-refractivity contribution < 1.29 is 9.59 Å². The molecule has 1 unspecified atom stereocenters. The summed E-state index contributed by atoms with van der Waals surface area (Å²) >= 11 is 8.76. The van der Waals surface area contributed by atoms with E-state index in [1.54, 1.807) is 18.2 Å². The molecule has 1 saturated heterocycles. The number of carbonyl (C=O) groups is 2. The number of hydrogen-bond acceptors (Lipinski definition) is 4. The lowest BCUT2D eigenvalue weighted by Crippen LogP contribution is -2.54. The standard InChI is InChI=1S/C27H30BrN3O2S/c1-15(2)31-23-10-16(3)18(11-21(23)17(4)14-27(31,5)6)12-22-24(32)29-26(34)30(25(22)33)20-9-7-8-19(28)13-20/h7-13,15,17H,14H2,1-6H3,(H,29,32,34)/b22-12+. The Bertz CT molecular complexity index is 1230. The summed E-state index contributed by atoms with van der Waals surface area (Å²) in [4.78, 5) is 30.1. The number of benzene rings is 2. The minimum atomic E-state index is -0.476. The van der Waals surface area contributed by atoms with Crippen molar-refractivity contribution in [1.29, 1.82) is 0 Å². The number of nitrogens with one attached hydrogen (secondary N) is 1. The van der Waals surface area contributed by atoms with Crippen LogP contribution in [0.15, 0.2) is 46.4 Å².